The molecule has 0 bridgehead atoms. The van der Waals surface area contributed by atoms with Crippen LogP contribution >= 0.6 is 15.9 Å². The molecule has 1 aromatic carbocycles. The number of nitrogens with one attached hydrogen (secondary N) is 1. The predicted molar refractivity (Wildman–Crippen MR) is 70.1 cm³/mol. The third-order valence-electron chi connectivity index (χ3n) is 3.35. The highest BCUT2D eigenvalue weighted by Gasteiger charge is 2.31. The molecule has 0 spiro atoms. The first kappa shape index (κ1) is 11.9. The SMILES string of the molecule is COc1ccc(Br)cc1C1CC(C)NC1C. The van der Waals surface area contributed by atoms with Crippen LogP contribution < -0.4 is 10.1 Å². The molecule has 1 N–H and O–H groups in total. The number of methoxy groups -OCH3 is 1. The molecule has 2 nitrogen and oxygen atoms in total. The van der Waals surface area contributed by atoms with E-state index >= 15 is 0 Å². The Bertz CT molecular complexity index is 380. The lowest BCUT2D eigenvalue weighted by molar-refractivity contribution is 0.403. The van der Waals surface area contributed by atoms with E-state index in [0.29, 0.717) is 18.0 Å². The van der Waals surface area contributed by atoms with Gasteiger partial charge in [0.25, 0.3) is 0 Å². The Balaban J connectivity index is 2.35. The Morgan fingerprint density at radius 3 is 2.69 bits per heavy atom. The van der Waals surface area contributed by atoms with Gasteiger partial charge in [0.05, 0.1) is 7.11 Å². The summed E-state index contributed by atoms with van der Waals surface area (Å²) >= 11 is 3.53. The van der Waals surface area contributed by atoms with E-state index < -0.39 is 0 Å². The minimum atomic E-state index is 0.512. The summed E-state index contributed by atoms with van der Waals surface area (Å²) in [7, 11) is 1.74. The van der Waals surface area contributed by atoms with Crippen LogP contribution in [-0.4, -0.2) is 19.2 Å². The van der Waals surface area contributed by atoms with Crippen LogP contribution in [0.1, 0.15) is 31.7 Å². The van der Waals surface area contributed by atoms with Crippen molar-refractivity contribution in [2.24, 2.45) is 0 Å². The second-order valence-electron chi connectivity index (χ2n) is 4.58. The van der Waals surface area contributed by atoms with Crippen molar-refractivity contribution in [2.45, 2.75) is 38.3 Å². The molecule has 3 heteroatoms. The lowest BCUT2D eigenvalue weighted by atomic mass is 9.91. The quantitative estimate of drug-likeness (QED) is 0.899. The van der Waals surface area contributed by atoms with E-state index in [1.54, 1.807) is 7.11 Å². The van der Waals surface area contributed by atoms with Crippen molar-refractivity contribution in [3.63, 3.8) is 0 Å². The number of rotatable bonds is 2. The largest absolute Gasteiger partial charge is 0.496 e. The first-order valence-corrected chi connectivity index (χ1v) is 6.50. The molecule has 0 radical (unpaired) electrons. The van der Waals surface area contributed by atoms with Gasteiger partial charge in [0.2, 0.25) is 0 Å². The molecule has 88 valence electrons. The third-order valence-corrected chi connectivity index (χ3v) is 3.84. The van der Waals surface area contributed by atoms with Crippen molar-refractivity contribution in [1.29, 1.82) is 0 Å². The molecule has 1 aliphatic rings. The zero-order valence-corrected chi connectivity index (χ0v) is 11.5. The number of benzene rings is 1. The molecule has 0 saturated carbocycles. The first-order chi connectivity index (χ1) is 7.61. The van der Waals surface area contributed by atoms with Crippen molar-refractivity contribution in [3.8, 4) is 5.75 Å². The summed E-state index contributed by atoms with van der Waals surface area (Å²) in [5.74, 6) is 1.54. The van der Waals surface area contributed by atoms with Gasteiger partial charge in [0, 0.05) is 22.5 Å². The smallest absolute Gasteiger partial charge is 0.122 e. The summed E-state index contributed by atoms with van der Waals surface area (Å²) in [6.45, 7) is 4.48. The highest BCUT2D eigenvalue weighted by atomic mass is 79.9. The van der Waals surface area contributed by atoms with Crippen LogP contribution in [0.5, 0.6) is 5.75 Å². The fourth-order valence-electron chi connectivity index (χ4n) is 2.61. The first-order valence-electron chi connectivity index (χ1n) is 5.71. The summed E-state index contributed by atoms with van der Waals surface area (Å²) in [4.78, 5) is 0. The summed E-state index contributed by atoms with van der Waals surface area (Å²) < 4.78 is 6.57. The average molecular weight is 284 g/mol. The van der Waals surface area contributed by atoms with E-state index in [-0.39, 0.29) is 0 Å². The summed E-state index contributed by atoms with van der Waals surface area (Å²) in [6, 6.07) is 7.34. The molecule has 1 fully saturated rings. The molecule has 3 atom stereocenters. The van der Waals surface area contributed by atoms with Gasteiger partial charge in [-0.15, -0.1) is 0 Å². The van der Waals surface area contributed by atoms with Crippen molar-refractivity contribution in [3.05, 3.63) is 28.2 Å². The molecule has 1 aromatic rings. The van der Waals surface area contributed by atoms with E-state index in [2.05, 4.69) is 41.2 Å². The van der Waals surface area contributed by atoms with E-state index in [9.17, 15) is 0 Å². The summed E-state index contributed by atoms with van der Waals surface area (Å²) in [5.41, 5.74) is 1.31. The van der Waals surface area contributed by atoms with Crippen molar-refractivity contribution in [2.75, 3.05) is 7.11 Å². The van der Waals surface area contributed by atoms with Crippen molar-refractivity contribution < 1.29 is 4.74 Å². The molecule has 1 saturated heterocycles. The minimum Gasteiger partial charge on any atom is -0.496 e. The fraction of sp³-hybridized carbons (Fsp3) is 0.538. The Kier molecular flexibility index (Phi) is 3.55. The van der Waals surface area contributed by atoms with Crippen molar-refractivity contribution in [1.82, 2.24) is 5.32 Å². The molecule has 1 heterocycles. The van der Waals surface area contributed by atoms with Crippen LogP contribution in [0.2, 0.25) is 0 Å². The van der Waals surface area contributed by atoms with Crippen LogP contribution in [0.3, 0.4) is 0 Å². The normalized spacial score (nSPS) is 29.4. The van der Waals surface area contributed by atoms with Gasteiger partial charge in [-0.3, -0.25) is 0 Å². The van der Waals surface area contributed by atoms with E-state index in [1.807, 2.05) is 12.1 Å². The summed E-state index contributed by atoms with van der Waals surface area (Å²) in [5, 5.41) is 3.57. The van der Waals surface area contributed by atoms with Gasteiger partial charge < -0.3 is 10.1 Å². The molecular weight excluding hydrogens is 266 g/mol. The van der Waals surface area contributed by atoms with E-state index in [4.69, 9.17) is 4.74 Å². The fourth-order valence-corrected chi connectivity index (χ4v) is 2.99. The highest BCUT2D eigenvalue weighted by Crippen LogP contribution is 2.37. The van der Waals surface area contributed by atoms with Crippen LogP contribution in [-0.2, 0) is 0 Å². The molecule has 3 unspecified atom stereocenters. The van der Waals surface area contributed by atoms with Gasteiger partial charge in [-0.2, -0.15) is 0 Å². The number of ether oxygens (including phenoxy) is 1. The molecule has 0 aromatic heterocycles. The Hall–Kier alpha value is -0.540. The second kappa shape index (κ2) is 4.76. The number of halogens is 1. The van der Waals surface area contributed by atoms with Crippen LogP contribution in [0.15, 0.2) is 22.7 Å². The lowest BCUT2D eigenvalue weighted by Crippen LogP contribution is -2.26. The average Bonchev–Trinajstić information content (AvgIpc) is 2.57. The third kappa shape index (κ3) is 2.25. The van der Waals surface area contributed by atoms with Gasteiger partial charge in [0.15, 0.2) is 0 Å². The maximum absolute atomic E-state index is 5.45. The van der Waals surface area contributed by atoms with Gasteiger partial charge in [-0.25, -0.2) is 0 Å². The Labute approximate surface area is 106 Å². The van der Waals surface area contributed by atoms with Gasteiger partial charge in [-0.1, -0.05) is 15.9 Å². The molecule has 1 aliphatic heterocycles. The van der Waals surface area contributed by atoms with Gasteiger partial charge >= 0.3 is 0 Å². The zero-order valence-electron chi connectivity index (χ0n) is 9.96. The Morgan fingerprint density at radius 2 is 2.12 bits per heavy atom. The van der Waals surface area contributed by atoms with Gasteiger partial charge in [-0.05, 0) is 44.0 Å². The van der Waals surface area contributed by atoms with Crippen LogP contribution in [0, 0.1) is 0 Å². The maximum atomic E-state index is 5.45. The highest BCUT2D eigenvalue weighted by molar-refractivity contribution is 9.10. The van der Waals surface area contributed by atoms with Crippen LogP contribution in [0.4, 0.5) is 0 Å². The van der Waals surface area contributed by atoms with Crippen LogP contribution in [0.25, 0.3) is 0 Å². The zero-order chi connectivity index (χ0) is 11.7. The number of hydrogen-bond donors (Lipinski definition) is 1. The van der Waals surface area contributed by atoms with E-state index in [0.717, 1.165) is 10.2 Å². The topological polar surface area (TPSA) is 21.3 Å². The minimum absolute atomic E-state index is 0.512. The second-order valence-corrected chi connectivity index (χ2v) is 5.50. The standard InChI is InChI=1S/C13H18BrNO/c1-8-6-11(9(2)15-8)12-7-10(14)4-5-13(12)16-3/h4-5,7-9,11,15H,6H2,1-3H3. The van der Waals surface area contributed by atoms with E-state index in [1.165, 1.54) is 12.0 Å². The monoisotopic (exact) mass is 283 g/mol. The molecule has 0 amide bonds. The lowest BCUT2D eigenvalue weighted by Gasteiger charge is -2.18. The maximum Gasteiger partial charge on any atom is 0.122 e. The molecule has 16 heavy (non-hydrogen) atoms. The van der Waals surface area contributed by atoms with Gasteiger partial charge in [0.1, 0.15) is 5.75 Å². The van der Waals surface area contributed by atoms with Crippen molar-refractivity contribution >= 4 is 15.9 Å². The summed E-state index contributed by atoms with van der Waals surface area (Å²) in [6.07, 6.45) is 1.17. The molecule has 2 rings (SSSR count). The molecular formula is C13H18BrNO. The molecule has 0 aliphatic carbocycles. The number of hydrogen-bond acceptors (Lipinski definition) is 2. The predicted octanol–water partition coefficient (Wildman–Crippen LogP) is 3.31. The Morgan fingerprint density at radius 1 is 1.38 bits per heavy atom.